The summed E-state index contributed by atoms with van der Waals surface area (Å²) in [6, 6.07) is -4.05. The van der Waals surface area contributed by atoms with Gasteiger partial charge < -0.3 is 37.2 Å². The maximum atomic E-state index is 12.8. The van der Waals surface area contributed by atoms with E-state index < -0.39 is 60.2 Å². The van der Waals surface area contributed by atoms with Gasteiger partial charge in [0.25, 0.3) is 0 Å². The first-order valence-corrected chi connectivity index (χ1v) is 10.4. The number of amides is 3. The van der Waals surface area contributed by atoms with Gasteiger partial charge in [-0.3, -0.25) is 19.2 Å². The van der Waals surface area contributed by atoms with Crippen molar-refractivity contribution in [2.45, 2.75) is 76.0 Å². The van der Waals surface area contributed by atoms with E-state index in [0.717, 1.165) is 0 Å². The third-order valence-corrected chi connectivity index (χ3v) is 5.07. The minimum atomic E-state index is -1.26. The van der Waals surface area contributed by atoms with Gasteiger partial charge in [0.15, 0.2) is 0 Å². The largest absolute Gasteiger partial charge is 0.481 e. The normalized spacial score (nSPS) is 18.7. The van der Waals surface area contributed by atoms with Crippen LogP contribution < -0.4 is 22.1 Å². The Hall–Kier alpha value is -2.73. The van der Waals surface area contributed by atoms with Gasteiger partial charge in [-0.15, -0.1) is 0 Å². The lowest BCUT2D eigenvalue weighted by atomic mass is 10.1. The summed E-state index contributed by atoms with van der Waals surface area (Å²) in [5.74, 6) is -4.20. The molecule has 8 N–H and O–H groups in total. The maximum absolute atomic E-state index is 12.8. The minimum absolute atomic E-state index is 0.150. The molecular formula is C19H33N5O7. The lowest BCUT2D eigenvalue weighted by Gasteiger charge is -2.28. The molecule has 4 atom stereocenters. The smallest absolute Gasteiger partial charge is 0.326 e. The molecule has 1 aliphatic heterocycles. The lowest BCUT2D eigenvalue weighted by Crippen LogP contribution is -2.56. The first-order chi connectivity index (χ1) is 14.6. The molecule has 1 saturated heterocycles. The third-order valence-electron chi connectivity index (χ3n) is 5.07. The zero-order valence-electron chi connectivity index (χ0n) is 17.7. The molecule has 0 aromatic rings. The summed E-state index contributed by atoms with van der Waals surface area (Å²) in [7, 11) is 0. The molecule has 0 aromatic heterocycles. The van der Waals surface area contributed by atoms with E-state index in [0.29, 0.717) is 38.8 Å². The van der Waals surface area contributed by atoms with E-state index >= 15 is 0 Å². The Morgan fingerprint density at radius 1 is 1.06 bits per heavy atom. The van der Waals surface area contributed by atoms with Crippen LogP contribution in [0.4, 0.5) is 0 Å². The molecule has 1 aliphatic rings. The first kappa shape index (κ1) is 26.3. The van der Waals surface area contributed by atoms with Crippen LogP contribution in [-0.4, -0.2) is 82.0 Å². The Labute approximate surface area is 180 Å². The predicted octanol–water partition coefficient (Wildman–Crippen LogP) is -1.63. The maximum Gasteiger partial charge on any atom is 0.326 e. The highest BCUT2D eigenvalue weighted by Crippen LogP contribution is 2.19. The molecule has 31 heavy (non-hydrogen) atoms. The minimum Gasteiger partial charge on any atom is -0.481 e. The molecule has 0 aromatic carbocycles. The number of likely N-dealkylation sites (tertiary alicyclic amines) is 1. The Bertz CT molecular complexity index is 670. The number of carboxylic acid groups (broad SMARTS) is 2. The second-order valence-electron chi connectivity index (χ2n) is 7.66. The predicted molar refractivity (Wildman–Crippen MR) is 110 cm³/mol. The van der Waals surface area contributed by atoms with E-state index in [2.05, 4.69) is 10.6 Å². The lowest BCUT2D eigenvalue weighted by molar-refractivity contribution is -0.143. The molecule has 0 radical (unpaired) electrons. The average Bonchev–Trinajstić information content (AvgIpc) is 3.19. The standard InChI is InChI=1S/C19H33N5O7/c1-11(21)18(29)24-10-4-6-14(24)17(28)22-12(7-8-15(25)26)16(27)23-13(19(30)31)5-2-3-9-20/h11-14H,2-10,20-21H2,1H3,(H,22,28)(H,23,27)(H,25,26)(H,30,31). The Morgan fingerprint density at radius 3 is 2.29 bits per heavy atom. The van der Waals surface area contributed by atoms with Crippen LogP contribution >= 0.6 is 0 Å². The first-order valence-electron chi connectivity index (χ1n) is 10.4. The molecule has 0 saturated carbocycles. The van der Waals surface area contributed by atoms with Gasteiger partial charge in [-0.2, -0.15) is 0 Å². The second-order valence-corrected chi connectivity index (χ2v) is 7.66. The van der Waals surface area contributed by atoms with E-state index in [1.54, 1.807) is 0 Å². The summed E-state index contributed by atoms with van der Waals surface area (Å²) in [5.41, 5.74) is 11.0. The molecule has 0 spiro atoms. The number of nitrogens with two attached hydrogens (primary N) is 2. The van der Waals surface area contributed by atoms with Crippen LogP contribution in [0.25, 0.3) is 0 Å². The van der Waals surface area contributed by atoms with Gasteiger partial charge in [0.05, 0.1) is 6.04 Å². The molecule has 3 amide bonds. The fourth-order valence-corrected chi connectivity index (χ4v) is 3.39. The van der Waals surface area contributed by atoms with Gasteiger partial charge in [-0.1, -0.05) is 0 Å². The van der Waals surface area contributed by atoms with Crippen LogP contribution in [0.2, 0.25) is 0 Å². The van der Waals surface area contributed by atoms with E-state index in [-0.39, 0.29) is 12.8 Å². The number of aliphatic carboxylic acids is 2. The van der Waals surface area contributed by atoms with E-state index in [1.807, 2.05) is 0 Å². The highest BCUT2D eigenvalue weighted by molar-refractivity contribution is 5.94. The number of nitrogens with zero attached hydrogens (tertiary/aromatic N) is 1. The summed E-state index contributed by atoms with van der Waals surface area (Å²) in [6.07, 6.45) is 1.56. The molecule has 1 fully saturated rings. The number of hydrogen-bond acceptors (Lipinski definition) is 7. The number of rotatable bonds is 13. The fraction of sp³-hybridized carbons (Fsp3) is 0.737. The van der Waals surface area contributed by atoms with Gasteiger partial charge in [0, 0.05) is 13.0 Å². The molecule has 176 valence electrons. The number of hydrogen-bond donors (Lipinski definition) is 6. The SMILES string of the molecule is CC(N)C(=O)N1CCCC1C(=O)NC(CCC(=O)O)C(=O)NC(CCCCN)C(=O)O. The average molecular weight is 444 g/mol. The molecule has 1 heterocycles. The van der Waals surface area contributed by atoms with Crippen molar-refractivity contribution in [2.75, 3.05) is 13.1 Å². The summed E-state index contributed by atoms with van der Waals surface area (Å²) in [4.78, 5) is 61.4. The molecular weight excluding hydrogens is 410 g/mol. The molecule has 4 unspecified atom stereocenters. The molecule has 12 heteroatoms. The van der Waals surface area contributed by atoms with Gasteiger partial charge in [-0.25, -0.2) is 4.79 Å². The van der Waals surface area contributed by atoms with Crippen LogP contribution in [0.3, 0.4) is 0 Å². The van der Waals surface area contributed by atoms with E-state index in [1.165, 1.54) is 11.8 Å². The monoisotopic (exact) mass is 443 g/mol. The van der Waals surface area contributed by atoms with Gasteiger partial charge >= 0.3 is 11.9 Å². The number of nitrogens with one attached hydrogen (secondary N) is 2. The zero-order chi connectivity index (χ0) is 23.6. The Balaban J connectivity index is 2.88. The summed E-state index contributed by atoms with van der Waals surface area (Å²) in [6.45, 7) is 2.25. The highest BCUT2D eigenvalue weighted by Gasteiger charge is 2.37. The molecule has 1 rings (SSSR count). The van der Waals surface area contributed by atoms with Crippen molar-refractivity contribution in [3.8, 4) is 0 Å². The van der Waals surface area contributed by atoms with Crippen LogP contribution in [0.5, 0.6) is 0 Å². The second kappa shape index (κ2) is 12.8. The van der Waals surface area contributed by atoms with Crippen LogP contribution in [-0.2, 0) is 24.0 Å². The van der Waals surface area contributed by atoms with Crippen molar-refractivity contribution in [1.29, 1.82) is 0 Å². The van der Waals surface area contributed by atoms with Crippen molar-refractivity contribution in [1.82, 2.24) is 15.5 Å². The topological polar surface area (TPSA) is 205 Å². The van der Waals surface area contributed by atoms with Crippen molar-refractivity contribution in [3.63, 3.8) is 0 Å². The van der Waals surface area contributed by atoms with Crippen LogP contribution in [0.15, 0.2) is 0 Å². The summed E-state index contributed by atoms with van der Waals surface area (Å²) in [5, 5.41) is 23.1. The van der Waals surface area contributed by atoms with Gasteiger partial charge in [0.2, 0.25) is 17.7 Å². The van der Waals surface area contributed by atoms with Crippen molar-refractivity contribution in [2.24, 2.45) is 11.5 Å². The van der Waals surface area contributed by atoms with E-state index in [4.69, 9.17) is 16.6 Å². The Morgan fingerprint density at radius 2 is 1.74 bits per heavy atom. The third kappa shape index (κ3) is 8.50. The van der Waals surface area contributed by atoms with E-state index in [9.17, 15) is 29.1 Å². The van der Waals surface area contributed by atoms with Crippen molar-refractivity contribution < 1.29 is 34.2 Å². The number of carboxylic acids is 2. The quantitative estimate of drug-likeness (QED) is 0.180. The van der Waals surface area contributed by atoms with Crippen molar-refractivity contribution >= 4 is 29.7 Å². The molecule has 0 aliphatic carbocycles. The van der Waals surface area contributed by atoms with Crippen molar-refractivity contribution in [3.05, 3.63) is 0 Å². The summed E-state index contributed by atoms with van der Waals surface area (Å²) < 4.78 is 0. The number of carbonyl (C=O) groups excluding carboxylic acids is 3. The highest BCUT2D eigenvalue weighted by atomic mass is 16.4. The fourth-order valence-electron chi connectivity index (χ4n) is 3.39. The zero-order valence-corrected chi connectivity index (χ0v) is 17.7. The molecule has 12 nitrogen and oxygen atoms in total. The Kier molecular flexibility index (Phi) is 10.9. The van der Waals surface area contributed by atoms with Crippen LogP contribution in [0, 0.1) is 0 Å². The number of unbranched alkanes of at least 4 members (excludes halogenated alkanes) is 1. The molecule has 0 bridgehead atoms. The summed E-state index contributed by atoms with van der Waals surface area (Å²) >= 11 is 0. The number of carbonyl (C=O) groups is 5. The van der Waals surface area contributed by atoms with Gasteiger partial charge in [-0.05, 0) is 52.0 Å². The van der Waals surface area contributed by atoms with Gasteiger partial charge in [0.1, 0.15) is 18.1 Å². The van der Waals surface area contributed by atoms with Crippen LogP contribution in [0.1, 0.15) is 51.9 Å².